The molecule has 3 rings (SSSR count). The average molecular weight is 271 g/mol. The molecule has 0 fully saturated rings. The van der Waals surface area contributed by atoms with Crippen LogP contribution in [0.3, 0.4) is 0 Å². The molecule has 0 atom stereocenters. The highest BCUT2D eigenvalue weighted by atomic mass is 15.3. The summed E-state index contributed by atoms with van der Waals surface area (Å²) in [7, 11) is 0. The van der Waals surface area contributed by atoms with Gasteiger partial charge in [-0.2, -0.15) is 0 Å². The molecular formula is C13H17N7. The number of nitrogens with zero attached hydrogens (tertiary/aromatic N) is 6. The van der Waals surface area contributed by atoms with Gasteiger partial charge in [-0.15, -0.1) is 10.2 Å². The van der Waals surface area contributed by atoms with Crippen LogP contribution >= 0.6 is 0 Å². The molecule has 3 aromatic heterocycles. The summed E-state index contributed by atoms with van der Waals surface area (Å²) in [5, 5.41) is 12.2. The number of unbranched alkanes of at least 4 members (excludes halogenated alkanes) is 3. The predicted octanol–water partition coefficient (Wildman–Crippen LogP) is 1.93. The Balaban J connectivity index is 1.94. The second kappa shape index (κ2) is 5.36. The van der Waals surface area contributed by atoms with Crippen LogP contribution in [0.1, 0.15) is 32.6 Å². The molecule has 0 saturated heterocycles. The summed E-state index contributed by atoms with van der Waals surface area (Å²) in [4.78, 5) is 8.66. The van der Waals surface area contributed by atoms with E-state index in [9.17, 15) is 0 Å². The maximum atomic E-state index is 6.21. The van der Waals surface area contributed by atoms with Gasteiger partial charge in [-0.3, -0.25) is 0 Å². The highest BCUT2D eigenvalue weighted by molar-refractivity contribution is 5.92. The first-order valence-corrected chi connectivity index (χ1v) is 6.90. The number of fused-ring (bicyclic) bond motifs is 2. The van der Waals surface area contributed by atoms with Crippen LogP contribution < -0.4 is 5.73 Å². The summed E-state index contributed by atoms with van der Waals surface area (Å²) in [5.74, 6) is 0.670. The zero-order valence-electron chi connectivity index (χ0n) is 11.5. The molecule has 104 valence electrons. The molecule has 0 aromatic carbocycles. The Kier molecular flexibility index (Phi) is 3.41. The number of hydrogen-bond donors (Lipinski definition) is 1. The fraction of sp³-hybridized carbons (Fsp3) is 0.462. The SMILES string of the molecule is CCCCCCn1cnc2nc3nnnc3cc2c1N. The van der Waals surface area contributed by atoms with Crippen molar-refractivity contribution >= 4 is 28.0 Å². The van der Waals surface area contributed by atoms with Crippen molar-refractivity contribution in [1.29, 1.82) is 0 Å². The van der Waals surface area contributed by atoms with Crippen molar-refractivity contribution in [2.24, 2.45) is 0 Å². The number of aromatic nitrogens is 6. The molecule has 0 aliphatic heterocycles. The van der Waals surface area contributed by atoms with Gasteiger partial charge in [0.25, 0.3) is 0 Å². The van der Waals surface area contributed by atoms with Gasteiger partial charge in [0.15, 0.2) is 5.65 Å². The van der Waals surface area contributed by atoms with Crippen molar-refractivity contribution in [3.05, 3.63) is 12.4 Å². The molecule has 3 aromatic rings. The van der Waals surface area contributed by atoms with Gasteiger partial charge in [0, 0.05) is 6.54 Å². The van der Waals surface area contributed by atoms with Crippen LogP contribution in [0, 0.1) is 0 Å². The predicted molar refractivity (Wildman–Crippen MR) is 77.0 cm³/mol. The van der Waals surface area contributed by atoms with Crippen molar-refractivity contribution in [1.82, 2.24) is 29.9 Å². The quantitative estimate of drug-likeness (QED) is 0.712. The van der Waals surface area contributed by atoms with Crippen molar-refractivity contribution in [2.75, 3.05) is 5.73 Å². The molecule has 0 saturated carbocycles. The summed E-state index contributed by atoms with van der Waals surface area (Å²) in [6.45, 7) is 3.07. The van der Waals surface area contributed by atoms with E-state index in [1.54, 1.807) is 6.33 Å². The summed E-state index contributed by atoms with van der Waals surface area (Å²) in [5.41, 5.74) is 7.95. The number of anilines is 1. The molecule has 0 radical (unpaired) electrons. The van der Waals surface area contributed by atoms with Gasteiger partial charge in [0.2, 0.25) is 5.65 Å². The largest absolute Gasteiger partial charge is 0.384 e. The molecule has 0 spiro atoms. The lowest BCUT2D eigenvalue weighted by Crippen LogP contribution is -2.08. The molecule has 3 heterocycles. The van der Waals surface area contributed by atoms with Gasteiger partial charge in [-0.05, 0) is 17.7 Å². The van der Waals surface area contributed by atoms with E-state index in [1.807, 2.05) is 10.6 Å². The second-order valence-corrected chi connectivity index (χ2v) is 4.88. The van der Waals surface area contributed by atoms with Crippen LogP contribution in [0.2, 0.25) is 0 Å². The van der Waals surface area contributed by atoms with Gasteiger partial charge in [-0.1, -0.05) is 26.2 Å². The standard InChI is InChI=1S/C13H17N7/c1-2-3-4-5-6-20-8-15-12-9(11(20)14)7-10-13(16-12)18-19-17-10/h7-8H,2-6,14H2,1H3. The van der Waals surface area contributed by atoms with E-state index in [4.69, 9.17) is 5.73 Å². The summed E-state index contributed by atoms with van der Waals surface area (Å²) >= 11 is 0. The first kappa shape index (κ1) is 12.7. The minimum absolute atomic E-state index is 0.505. The van der Waals surface area contributed by atoms with Crippen LogP contribution in [0.4, 0.5) is 5.82 Å². The van der Waals surface area contributed by atoms with E-state index in [0.717, 1.165) is 18.4 Å². The maximum Gasteiger partial charge on any atom is 0.206 e. The number of nitrogen functional groups attached to an aromatic ring is 1. The van der Waals surface area contributed by atoms with Crippen LogP contribution in [-0.2, 0) is 6.54 Å². The Morgan fingerprint density at radius 2 is 2.05 bits per heavy atom. The Labute approximate surface area is 116 Å². The molecule has 0 amide bonds. The van der Waals surface area contributed by atoms with Crippen LogP contribution in [0.15, 0.2) is 12.4 Å². The van der Waals surface area contributed by atoms with Crippen molar-refractivity contribution in [2.45, 2.75) is 39.2 Å². The third kappa shape index (κ3) is 2.26. The summed E-state index contributed by atoms with van der Waals surface area (Å²) in [6.07, 6.45) is 6.52. The molecule has 20 heavy (non-hydrogen) atoms. The van der Waals surface area contributed by atoms with Gasteiger partial charge >= 0.3 is 0 Å². The zero-order chi connectivity index (χ0) is 13.9. The number of rotatable bonds is 5. The normalized spacial score (nSPS) is 11.4. The van der Waals surface area contributed by atoms with Crippen LogP contribution in [0.25, 0.3) is 22.2 Å². The molecular weight excluding hydrogens is 254 g/mol. The van der Waals surface area contributed by atoms with Gasteiger partial charge in [0.05, 0.1) is 11.7 Å². The summed E-state index contributed by atoms with van der Waals surface area (Å²) in [6, 6.07) is 1.85. The van der Waals surface area contributed by atoms with Gasteiger partial charge in [-0.25, -0.2) is 9.97 Å². The van der Waals surface area contributed by atoms with Crippen LogP contribution in [0.5, 0.6) is 0 Å². The fourth-order valence-corrected chi connectivity index (χ4v) is 2.26. The Hall–Kier alpha value is -2.31. The number of hydrogen-bond acceptors (Lipinski definition) is 6. The first-order valence-electron chi connectivity index (χ1n) is 6.90. The highest BCUT2D eigenvalue weighted by Crippen LogP contribution is 2.21. The first-order chi connectivity index (χ1) is 9.79. The van der Waals surface area contributed by atoms with E-state index in [2.05, 4.69) is 32.3 Å². The Morgan fingerprint density at radius 3 is 2.90 bits per heavy atom. The maximum absolute atomic E-state index is 6.21. The molecule has 0 aliphatic rings. The number of aryl methyl sites for hydroxylation is 1. The smallest absolute Gasteiger partial charge is 0.206 e. The highest BCUT2D eigenvalue weighted by Gasteiger charge is 2.09. The fourth-order valence-electron chi connectivity index (χ4n) is 2.26. The minimum Gasteiger partial charge on any atom is -0.384 e. The molecule has 7 nitrogen and oxygen atoms in total. The molecule has 7 heteroatoms. The molecule has 0 aliphatic carbocycles. The lowest BCUT2D eigenvalue weighted by molar-refractivity contribution is 0.581. The van der Waals surface area contributed by atoms with E-state index < -0.39 is 0 Å². The van der Waals surface area contributed by atoms with Crippen molar-refractivity contribution in [3.8, 4) is 0 Å². The third-order valence-corrected chi connectivity index (χ3v) is 3.41. The van der Waals surface area contributed by atoms with Gasteiger partial charge < -0.3 is 10.3 Å². The van der Waals surface area contributed by atoms with E-state index in [1.165, 1.54) is 19.3 Å². The monoisotopic (exact) mass is 271 g/mol. The van der Waals surface area contributed by atoms with E-state index in [-0.39, 0.29) is 0 Å². The lowest BCUT2D eigenvalue weighted by atomic mass is 10.2. The molecule has 0 unspecified atom stereocenters. The van der Waals surface area contributed by atoms with Gasteiger partial charge in [0.1, 0.15) is 11.3 Å². The molecule has 2 N–H and O–H groups in total. The summed E-state index contributed by atoms with van der Waals surface area (Å²) < 4.78 is 1.97. The Bertz CT molecular complexity index is 734. The second-order valence-electron chi connectivity index (χ2n) is 4.88. The number of pyridine rings is 1. The zero-order valence-corrected chi connectivity index (χ0v) is 11.5. The van der Waals surface area contributed by atoms with Crippen LogP contribution in [-0.4, -0.2) is 29.9 Å². The third-order valence-electron chi connectivity index (χ3n) is 3.41. The van der Waals surface area contributed by atoms with E-state index >= 15 is 0 Å². The average Bonchev–Trinajstić information content (AvgIpc) is 2.91. The van der Waals surface area contributed by atoms with Crippen molar-refractivity contribution < 1.29 is 0 Å². The topological polar surface area (TPSA) is 95.4 Å². The van der Waals surface area contributed by atoms with E-state index in [0.29, 0.717) is 22.6 Å². The Morgan fingerprint density at radius 1 is 1.15 bits per heavy atom. The molecule has 0 bridgehead atoms. The van der Waals surface area contributed by atoms with Crippen molar-refractivity contribution in [3.63, 3.8) is 0 Å². The minimum atomic E-state index is 0.505. The number of nitrogens with two attached hydrogens (primary N) is 1. The lowest BCUT2D eigenvalue weighted by Gasteiger charge is -2.11.